The molecule has 0 fully saturated rings. The number of ether oxygens (including phenoxy) is 1. The zero-order valence-corrected chi connectivity index (χ0v) is 14.6. The van der Waals surface area contributed by atoms with Crippen LogP contribution in [0.1, 0.15) is 10.5 Å². The molecule has 0 aliphatic carbocycles. The van der Waals surface area contributed by atoms with Crippen LogP contribution in [-0.2, 0) is 4.74 Å². The minimum atomic E-state index is -0.565. The van der Waals surface area contributed by atoms with Crippen molar-refractivity contribution in [2.24, 2.45) is 0 Å². The van der Waals surface area contributed by atoms with Crippen LogP contribution in [-0.4, -0.2) is 39.9 Å². The quantitative estimate of drug-likeness (QED) is 0.565. The summed E-state index contributed by atoms with van der Waals surface area (Å²) in [4.78, 5) is 20.1. The van der Waals surface area contributed by atoms with Gasteiger partial charge in [-0.3, -0.25) is 0 Å². The Morgan fingerprint density at radius 3 is 2.53 bits per heavy atom. The Balaban J connectivity index is 2.56. The molecule has 0 spiro atoms. The van der Waals surface area contributed by atoms with Crippen LogP contribution in [0.2, 0.25) is 5.02 Å². The molecule has 0 aliphatic rings. The van der Waals surface area contributed by atoms with E-state index in [0.29, 0.717) is 10.3 Å². The van der Waals surface area contributed by atoms with Crippen LogP contribution >= 0.6 is 27.5 Å². The SMILES string of the molecule is COC(=O)c1nc(-c2ccc(Br)cc2)nc([AsH2])c1Cl. The Labute approximate surface area is 132 Å². The zero-order chi connectivity index (χ0) is 14.0. The van der Waals surface area contributed by atoms with E-state index in [-0.39, 0.29) is 10.7 Å². The summed E-state index contributed by atoms with van der Waals surface area (Å²) in [7, 11) is 1.29. The van der Waals surface area contributed by atoms with Crippen molar-refractivity contribution in [3.05, 3.63) is 39.5 Å². The van der Waals surface area contributed by atoms with Crippen LogP contribution < -0.4 is 4.48 Å². The summed E-state index contributed by atoms with van der Waals surface area (Å²) in [5, 5.41) is 0.243. The Hall–Kier alpha value is -0.902. The van der Waals surface area contributed by atoms with Crippen molar-refractivity contribution >= 4 is 54.8 Å². The fourth-order valence-corrected chi connectivity index (χ4v) is 2.39. The van der Waals surface area contributed by atoms with E-state index in [0.717, 1.165) is 10.0 Å². The first kappa shape index (κ1) is 14.5. The van der Waals surface area contributed by atoms with Crippen molar-refractivity contribution in [1.29, 1.82) is 0 Å². The number of hydrogen-bond acceptors (Lipinski definition) is 4. The Morgan fingerprint density at radius 1 is 1.32 bits per heavy atom. The average molecular weight is 403 g/mol. The van der Waals surface area contributed by atoms with E-state index in [2.05, 4.69) is 30.6 Å². The summed E-state index contributed by atoms with van der Waals surface area (Å²) in [5.74, 6) is -0.110. The summed E-state index contributed by atoms with van der Waals surface area (Å²) in [5.41, 5.74) is 0.903. The summed E-state index contributed by atoms with van der Waals surface area (Å²) in [6, 6.07) is 7.48. The van der Waals surface area contributed by atoms with Crippen molar-refractivity contribution in [3.8, 4) is 11.4 Å². The molecule has 0 aliphatic heterocycles. The number of carbonyl (C=O) groups is 1. The maximum absolute atomic E-state index is 11.6. The van der Waals surface area contributed by atoms with E-state index in [1.54, 1.807) is 0 Å². The molecule has 7 heteroatoms. The molecule has 1 aromatic carbocycles. The third-order valence-electron chi connectivity index (χ3n) is 2.36. The number of benzene rings is 1. The van der Waals surface area contributed by atoms with Crippen molar-refractivity contribution in [3.63, 3.8) is 0 Å². The second-order valence-corrected chi connectivity index (χ2v) is 6.03. The van der Waals surface area contributed by atoms with Gasteiger partial charge in [0, 0.05) is 0 Å². The molecular weight excluding hydrogens is 394 g/mol. The van der Waals surface area contributed by atoms with Gasteiger partial charge >= 0.3 is 132 Å². The number of nitrogens with zero attached hydrogens (tertiary/aromatic N) is 2. The van der Waals surface area contributed by atoms with Gasteiger partial charge in [0.25, 0.3) is 0 Å². The van der Waals surface area contributed by atoms with E-state index in [1.165, 1.54) is 24.0 Å². The van der Waals surface area contributed by atoms with Crippen molar-refractivity contribution in [1.82, 2.24) is 9.97 Å². The number of halogens is 2. The van der Waals surface area contributed by atoms with Crippen LogP contribution in [0.4, 0.5) is 0 Å². The predicted molar refractivity (Wildman–Crippen MR) is 79.7 cm³/mol. The molecule has 0 N–H and O–H groups in total. The fraction of sp³-hybridized carbons (Fsp3) is 0.0833. The second kappa shape index (κ2) is 6.03. The zero-order valence-electron chi connectivity index (χ0n) is 9.85. The van der Waals surface area contributed by atoms with Gasteiger partial charge in [-0.15, -0.1) is 0 Å². The number of methoxy groups -OCH3 is 1. The van der Waals surface area contributed by atoms with Gasteiger partial charge in [0.05, 0.1) is 0 Å². The monoisotopic (exact) mass is 402 g/mol. The Bertz CT molecular complexity index is 634. The Kier molecular flexibility index (Phi) is 4.61. The molecule has 0 saturated carbocycles. The van der Waals surface area contributed by atoms with Crippen molar-refractivity contribution in [2.75, 3.05) is 7.11 Å². The molecule has 1 heterocycles. The topological polar surface area (TPSA) is 52.1 Å². The molecule has 0 radical (unpaired) electrons. The third kappa shape index (κ3) is 3.16. The molecule has 1 unspecified atom stereocenters. The maximum atomic E-state index is 11.6. The number of rotatable bonds is 2. The number of carbonyl (C=O) groups excluding carboxylic acids is 1. The van der Waals surface area contributed by atoms with Crippen LogP contribution in [0, 0.1) is 0 Å². The second-order valence-electron chi connectivity index (χ2n) is 3.59. The molecule has 0 bridgehead atoms. The van der Waals surface area contributed by atoms with Gasteiger partial charge < -0.3 is 0 Å². The normalized spacial score (nSPS) is 10.3. The summed E-state index contributed by atoms with van der Waals surface area (Å²) >= 11 is 10.6. The van der Waals surface area contributed by atoms with Gasteiger partial charge in [-0.2, -0.15) is 0 Å². The predicted octanol–water partition coefficient (Wildman–Crippen LogP) is 1.60. The van der Waals surface area contributed by atoms with E-state index >= 15 is 0 Å². The molecule has 19 heavy (non-hydrogen) atoms. The molecule has 2 aromatic rings. The van der Waals surface area contributed by atoms with E-state index in [4.69, 9.17) is 11.6 Å². The molecule has 1 atom stereocenters. The van der Waals surface area contributed by atoms with Crippen LogP contribution in [0.25, 0.3) is 11.4 Å². The van der Waals surface area contributed by atoms with E-state index in [9.17, 15) is 4.79 Å². The Morgan fingerprint density at radius 2 is 1.95 bits per heavy atom. The molecule has 4 nitrogen and oxygen atoms in total. The van der Waals surface area contributed by atoms with Gasteiger partial charge in [-0.25, -0.2) is 0 Å². The molecule has 1 aromatic heterocycles. The summed E-state index contributed by atoms with van der Waals surface area (Å²) in [6.07, 6.45) is 0. The summed E-state index contributed by atoms with van der Waals surface area (Å²) < 4.78 is 6.23. The standard InChI is InChI=1S/C12H9AsBrClN2O2/c1-19-12(18)9-8(15)10(13)17-11(16-9)6-2-4-7(14)5-3-6/h2-5H,13H2,1H3. The van der Waals surface area contributed by atoms with Gasteiger partial charge in [0.15, 0.2) is 0 Å². The number of aromatic nitrogens is 2. The van der Waals surface area contributed by atoms with Gasteiger partial charge in [-0.05, 0) is 0 Å². The van der Waals surface area contributed by atoms with E-state index in [1.807, 2.05) is 24.3 Å². The van der Waals surface area contributed by atoms with Gasteiger partial charge in [0.1, 0.15) is 0 Å². The van der Waals surface area contributed by atoms with E-state index < -0.39 is 5.97 Å². The van der Waals surface area contributed by atoms with Gasteiger partial charge in [-0.1, -0.05) is 0 Å². The molecule has 2 rings (SSSR count). The first-order valence-electron chi connectivity index (χ1n) is 5.20. The summed E-state index contributed by atoms with van der Waals surface area (Å²) in [6.45, 7) is 0. The molecular formula is C12H9AsBrClN2O2. The van der Waals surface area contributed by atoms with Crippen LogP contribution in [0.5, 0.6) is 0 Å². The number of hydrogen-bond donors (Lipinski definition) is 0. The third-order valence-corrected chi connectivity index (χ3v) is 4.52. The van der Waals surface area contributed by atoms with Gasteiger partial charge in [0.2, 0.25) is 0 Å². The van der Waals surface area contributed by atoms with Crippen molar-refractivity contribution < 1.29 is 9.53 Å². The minimum absolute atomic E-state index is 0.0939. The van der Waals surface area contributed by atoms with Crippen molar-refractivity contribution in [2.45, 2.75) is 0 Å². The number of esters is 1. The molecule has 98 valence electrons. The molecule has 0 amide bonds. The first-order valence-corrected chi connectivity index (χ1v) is 7.58. The van der Waals surface area contributed by atoms with Crippen LogP contribution in [0.3, 0.4) is 0 Å². The average Bonchev–Trinajstić information content (AvgIpc) is 2.41. The fourth-order valence-electron chi connectivity index (χ4n) is 1.42. The molecule has 0 saturated heterocycles. The first-order chi connectivity index (χ1) is 9.02. The van der Waals surface area contributed by atoms with Crippen LogP contribution in [0.15, 0.2) is 28.7 Å².